The van der Waals surface area contributed by atoms with Gasteiger partial charge in [-0.05, 0) is 0 Å². The average Bonchev–Trinajstić information content (AvgIpc) is 2.75. The van der Waals surface area contributed by atoms with E-state index in [1.165, 1.54) is 30.3 Å². The molecule has 0 aliphatic rings. The van der Waals surface area contributed by atoms with Crippen LogP contribution in [-0.4, -0.2) is 7.05 Å². The third-order valence-corrected chi connectivity index (χ3v) is 6.63. The molecule has 4 rings (SSSR count). The zero-order chi connectivity index (χ0) is 18.5. The normalized spacial score (nSPS) is 10.7. The monoisotopic (exact) mass is 441 g/mol. The fraction of sp³-hybridized carbons (Fsp3) is 0.0400. The molecule has 4 aromatic rings. The van der Waals surface area contributed by atoms with Crippen molar-refractivity contribution >= 4 is 13.8 Å². The summed E-state index contributed by atoms with van der Waals surface area (Å²) in [4.78, 5) is 0. The van der Waals surface area contributed by atoms with Crippen LogP contribution >= 0.6 is 0 Å². The first kappa shape index (κ1) is 17.7. The van der Waals surface area contributed by atoms with Crippen LogP contribution in [0.2, 0.25) is 0 Å². The molecule has 27 heavy (non-hydrogen) atoms. The number of rotatable bonds is 5. The van der Waals surface area contributed by atoms with Crippen LogP contribution in [0.5, 0.6) is 0 Å². The van der Waals surface area contributed by atoms with Crippen LogP contribution in [0.15, 0.2) is 103 Å². The standard InChI is InChI=1S/C13H12N.C12H9.Pd/c1-14-13-10-6-5-9-12(13)11-7-3-2-4-8-11;1-3-7-11(8-4-1)12-9-5-2-6-10-12;/h2-7,9-10,14H,1H3;1-9H;. The molecule has 0 fully saturated rings. The van der Waals surface area contributed by atoms with Crippen molar-refractivity contribution in [3.8, 4) is 22.3 Å². The summed E-state index contributed by atoms with van der Waals surface area (Å²) in [5, 5.41) is 3.33. The molecule has 0 aromatic heterocycles. The molecule has 4 aromatic carbocycles. The Morgan fingerprint density at radius 1 is 0.519 bits per heavy atom. The molecule has 2 heteroatoms. The zero-order valence-electron chi connectivity index (χ0n) is 15.1. The quantitative estimate of drug-likeness (QED) is 0.425. The van der Waals surface area contributed by atoms with E-state index in [9.17, 15) is 0 Å². The van der Waals surface area contributed by atoms with E-state index in [1.807, 2.05) is 7.05 Å². The molecule has 0 atom stereocenters. The Hall–Kier alpha value is -2.66. The van der Waals surface area contributed by atoms with Crippen molar-refractivity contribution in [2.75, 3.05) is 12.4 Å². The molecule has 0 saturated carbocycles. The molecule has 0 spiro atoms. The number of hydrogen-bond donors (Lipinski definition) is 1. The van der Waals surface area contributed by atoms with Crippen LogP contribution in [0.1, 0.15) is 0 Å². The number of benzene rings is 4. The molecule has 0 heterocycles. The zero-order valence-corrected chi connectivity index (χ0v) is 16.7. The van der Waals surface area contributed by atoms with Gasteiger partial charge in [0.05, 0.1) is 0 Å². The van der Waals surface area contributed by atoms with Crippen LogP contribution in [-0.2, 0) is 18.0 Å². The maximum absolute atomic E-state index is 3.33. The Bertz CT molecular complexity index is 1040. The minimum absolute atomic E-state index is 0.350. The van der Waals surface area contributed by atoms with E-state index in [-0.39, 0.29) is 0 Å². The van der Waals surface area contributed by atoms with Crippen LogP contribution in [0.25, 0.3) is 22.3 Å². The second-order valence-corrected chi connectivity index (χ2v) is 8.20. The summed E-state index contributed by atoms with van der Waals surface area (Å²) in [6, 6.07) is 36.7. The Morgan fingerprint density at radius 2 is 1.04 bits per heavy atom. The van der Waals surface area contributed by atoms with E-state index < -0.39 is 0 Å². The topological polar surface area (TPSA) is 12.0 Å². The van der Waals surface area contributed by atoms with Crippen molar-refractivity contribution < 1.29 is 18.0 Å². The van der Waals surface area contributed by atoms with Gasteiger partial charge in [-0.25, -0.2) is 0 Å². The molecule has 0 aliphatic heterocycles. The SMILES string of the molecule is CNc1ccccc1-c1cccc[c]1[Pd][c]1ccccc1-c1ccccc1. The first-order chi connectivity index (χ1) is 13.4. The van der Waals surface area contributed by atoms with Crippen LogP contribution in [0.4, 0.5) is 5.69 Å². The number of para-hydroxylation sites is 1. The molecule has 0 bridgehead atoms. The fourth-order valence-corrected chi connectivity index (χ4v) is 5.24. The molecule has 0 radical (unpaired) electrons. The van der Waals surface area contributed by atoms with Crippen LogP contribution < -0.4 is 13.4 Å². The summed E-state index contributed by atoms with van der Waals surface area (Å²) < 4.78 is 2.78. The predicted octanol–water partition coefficient (Wildman–Crippen LogP) is 5.10. The molecule has 0 aliphatic carbocycles. The Labute approximate surface area is 169 Å². The van der Waals surface area contributed by atoms with Gasteiger partial charge in [-0.3, -0.25) is 0 Å². The molecular weight excluding hydrogens is 421 g/mol. The van der Waals surface area contributed by atoms with Gasteiger partial charge in [0.25, 0.3) is 0 Å². The van der Waals surface area contributed by atoms with Crippen molar-refractivity contribution in [3.63, 3.8) is 0 Å². The van der Waals surface area contributed by atoms with E-state index in [0.717, 1.165) is 5.69 Å². The number of nitrogens with one attached hydrogen (secondary N) is 1. The minimum atomic E-state index is 0.350. The summed E-state index contributed by atoms with van der Waals surface area (Å²) in [6.07, 6.45) is 0. The predicted molar refractivity (Wildman–Crippen MR) is 113 cm³/mol. The van der Waals surface area contributed by atoms with Crippen LogP contribution in [0.3, 0.4) is 0 Å². The molecule has 0 amide bonds. The maximum atomic E-state index is 3.33. The van der Waals surface area contributed by atoms with E-state index >= 15 is 0 Å². The van der Waals surface area contributed by atoms with Gasteiger partial charge in [0, 0.05) is 0 Å². The van der Waals surface area contributed by atoms with Crippen molar-refractivity contribution in [2.24, 2.45) is 0 Å². The second kappa shape index (κ2) is 8.36. The van der Waals surface area contributed by atoms with Gasteiger partial charge in [-0.2, -0.15) is 0 Å². The third kappa shape index (κ3) is 3.88. The average molecular weight is 442 g/mol. The number of anilines is 1. The van der Waals surface area contributed by atoms with E-state index in [4.69, 9.17) is 0 Å². The van der Waals surface area contributed by atoms with Crippen molar-refractivity contribution in [1.82, 2.24) is 0 Å². The van der Waals surface area contributed by atoms with Crippen molar-refractivity contribution in [2.45, 2.75) is 0 Å². The molecular formula is C25H21NPd. The van der Waals surface area contributed by atoms with Gasteiger partial charge >= 0.3 is 169 Å². The summed E-state index contributed by atoms with van der Waals surface area (Å²) >= 11 is 0.350. The summed E-state index contributed by atoms with van der Waals surface area (Å²) in [7, 11) is 1.98. The van der Waals surface area contributed by atoms with Gasteiger partial charge < -0.3 is 0 Å². The first-order valence-corrected chi connectivity index (χ1v) is 10.5. The number of hydrogen-bond acceptors (Lipinski definition) is 1. The van der Waals surface area contributed by atoms with E-state index in [0.29, 0.717) is 18.0 Å². The summed E-state index contributed by atoms with van der Waals surface area (Å²) in [5.74, 6) is 0. The van der Waals surface area contributed by atoms with Gasteiger partial charge in [0.2, 0.25) is 0 Å². The van der Waals surface area contributed by atoms with Gasteiger partial charge in [-0.15, -0.1) is 0 Å². The Morgan fingerprint density at radius 3 is 1.74 bits per heavy atom. The van der Waals surface area contributed by atoms with Crippen LogP contribution in [0, 0.1) is 0 Å². The molecule has 1 N–H and O–H groups in total. The van der Waals surface area contributed by atoms with Gasteiger partial charge in [0.15, 0.2) is 0 Å². The Kier molecular flexibility index (Phi) is 5.49. The first-order valence-electron chi connectivity index (χ1n) is 8.96. The molecule has 0 saturated heterocycles. The van der Waals surface area contributed by atoms with E-state index in [2.05, 4.69) is 108 Å². The molecule has 0 unspecified atom stereocenters. The van der Waals surface area contributed by atoms with Gasteiger partial charge in [-0.1, -0.05) is 0 Å². The van der Waals surface area contributed by atoms with Crippen molar-refractivity contribution in [1.29, 1.82) is 0 Å². The second-order valence-electron chi connectivity index (χ2n) is 6.13. The summed E-state index contributed by atoms with van der Waals surface area (Å²) in [6.45, 7) is 0. The summed E-state index contributed by atoms with van der Waals surface area (Å²) in [5.41, 5.74) is 6.32. The molecule has 1 nitrogen and oxygen atoms in total. The van der Waals surface area contributed by atoms with Gasteiger partial charge in [0.1, 0.15) is 0 Å². The fourth-order valence-electron chi connectivity index (χ4n) is 3.12. The molecule has 136 valence electrons. The third-order valence-electron chi connectivity index (χ3n) is 4.44. The Balaban J connectivity index is 1.78. The van der Waals surface area contributed by atoms with Crippen molar-refractivity contribution in [3.05, 3.63) is 103 Å². The van der Waals surface area contributed by atoms with E-state index in [1.54, 1.807) is 0 Å².